The average Bonchev–Trinajstić information content (AvgIpc) is 2.05. The van der Waals surface area contributed by atoms with Crippen molar-refractivity contribution in [3.8, 4) is 0 Å². The predicted molar refractivity (Wildman–Crippen MR) is 44.5 cm³/mol. The molecule has 0 fully saturated rings. The van der Waals surface area contributed by atoms with Gasteiger partial charge in [0.05, 0.1) is 5.56 Å². The first-order valence-corrected chi connectivity index (χ1v) is 3.75. The summed E-state index contributed by atoms with van der Waals surface area (Å²) in [6.07, 6.45) is 0.502. The highest BCUT2D eigenvalue weighted by Crippen LogP contribution is 2.09. The van der Waals surface area contributed by atoms with Crippen molar-refractivity contribution in [2.75, 3.05) is 0 Å². The summed E-state index contributed by atoms with van der Waals surface area (Å²) in [6.45, 7) is 0. The van der Waals surface area contributed by atoms with Gasteiger partial charge in [0, 0.05) is 5.75 Å². The number of hydrogen-bond acceptors (Lipinski definition) is 2. The summed E-state index contributed by atoms with van der Waals surface area (Å²) >= 11 is 3.99. The topological polar surface area (TPSA) is 17.1 Å². The summed E-state index contributed by atoms with van der Waals surface area (Å²) in [7, 11) is 0. The highest BCUT2D eigenvalue weighted by molar-refractivity contribution is 7.79. The second-order valence-electron chi connectivity index (χ2n) is 2.13. The molecule has 0 saturated heterocycles. The lowest BCUT2D eigenvalue weighted by molar-refractivity contribution is 0.111. The molecular formula is C8H7FOS. The third-order valence-corrected chi connectivity index (χ3v) is 1.74. The highest BCUT2D eigenvalue weighted by Gasteiger charge is 2.00. The molecule has 0 radical (unpaired) electrons. The number of halogens is 1. The van der Waals surface area contributed by atoms with E-state index in [9.17, 15) is 9.18 Å². The van der Waals surface area contributed by atoms with Gasteiger partial charge in [-0.15, -0.1) is 0 Å². The molecule has 0 atom stereocenters. The predicted octanol–water partition coefficient (Wildman–Crippen LogP) is 2.07. The van der Waals surface area contributed by atoms with Gasteiger partial charge in [0.15, 0.2) is 6.29 Å². The van der Waals surface area contributed by atoms with E-state index >= 15 is 0 Å². The van der Waals surface area contributed by atoms with Gasteiger partial charge in [-0.25, -0.2) is 4.39 Å². The van der Waals surface area contributed by atoms with Crippen molar-refractivity contribution in [2.45, 2.75) is 5.75 Å². The van der Waals surface area contributed by atoms with E-state index in [1.807, 2.05) is 0 Å². The first kappa shape index (κ1) is 8.27. The Kier molecular flexibility index (Phi) is 2.65. The van der Waals surface area contributed by atoms with E-state index in [4.69, 9.17) is 0 Å². The summed E-state index contributed by atoms with van der Waals surface area (Å²) in [5.74, 6) is 0.0340. The number of aldehydes is 1. The summed E-state index contributed by atoms with van der Waals surface area (Å²) in [5, 5.41) is 0. The van der Waals surface area contributed by atoms with Crippen LogP contribution in [0.4, 0.5) is 4.39 Å². The molecule has 0 unspecified atom stereocenters. The first-order chi connectivity index (χ1) is 5.27. The van der Waals surface area contributed by atoms with E-state index in [-0.39, 0.29) is 5.56 Å². The van der Waals surface area contributed by atoms with Crippen LogP contribution in [0.3, 0.4) is 0 Å². The second kappa shape index (κ2) is 3.53. The van der Waals surface area contributed by atoms with E-state index in [2.05, 4.69) is 12.6 Å². The summed E-state index contributed by atoms with van der Waals surface area (Å²) in [4.78, 5) is 10.2. The van der Waals surface area contributed by atoms with Gasteiger partial charge >= 0.3 is 0 Å². The Labute approximate surface area is 69.6 Å². The minimum atomic E-state index is -0.481. The highest BCUT2D eigenvalue weighted by atomic mass is 32.1. The molecule has 1 aromatic carbocycles. The van der Waals surface area contributed by atoms with Crippen LogP contribution in [0.1, 0.15) is 15.9 Å². The quantitative estimate of drug-likeness (QED) is 0.531. The Bertz CT molecular complexity index is 273. The van der Waals surface area contributed by atoms with Gasteiger partial charge in [0.25, 0.3) is 0 Å². The van der Waals surface area contributed by atoms with Crippen molar-refractivity contribution < 1.29 is 9.18 Å². The van der Waals surface area contributed by atoms with E-state index in [0.29, 0.717) is 12.0 Å². The number of benzene rings is 1. The van der Waals surface area contributed by atoms with Crippen molar-refractivity contribution in [2.24, 2.45) is 0 Å². The Morgan fingerprint density at radius 2 is 2.27 bits per heavy atom. The zero-order chi connectivity index (χ0) is 8.27. The van der Waals surface area contributed by atoms with E-state index in [1.54, 1.807) is 6.07 Å². The number of hydrogen-bond donors (Lipinski definition) is 1. The van der Waals surface area contributed by atoms with Gasteiger partial charge in [-0.3, -0.25) is 4.79 Å². The van der Waals surface area contributed by atoms with E-state index in [1.165, 1.54) is 12.1 Å². The third-order valence-electron chi connectivity index (χ3n) is 1.37. The molecule has 1 nitrogen and oxygen atoms in total. The van der Waals surface area contributed by atoms with Gasteiger partial charge in [-0.1, -0.05) is 6.07 Å². The van der Waals surface area contributed by atoms with Crippen molar-refractivity contribution in [3.05, 3.63) is 35.1 Å². The molecule has 0 aliphatic heterocycles. The van der Waals surface area contributed by atoms with Crippen LogP contribution in [0.2, 0.25) is 0 Å². The first-order valence-electron chi connectivity index (χ1n) is 3.12. The zero-order valence-corrected chi connectivity index (χ0v) is 6.64. The maximum Gasteiger partial charge on any atom is 0.153 e. The Morgan fingerprint density at radius 3 is 2.82 bits per heavy atom. The summed E-state index contributed by atoms with van der Waals surface area (Å²) in [5.41, 5.74) is 0.938. The third kappa shape index (κ3) is 1.80. The molecule has 0 saturated carbocycles. The fraction of sp³-hybridized carbons (Fsp3) is 0.125. The van der Waals surface area contributed by atoms with Crippen LogP contribution >= 0.6 is 12.6 Å². The molecule has 1 rings (SSSR count). The maximum absolute atomic E-state index is 12.7. The number of rotatable bonds is 2. The standard InChI is InChI=1S/C8H7FOS/c9-8-2-1-6(5-11)3-7(8)4-10/h1-4,11H,5H2. The van der Waals surface area contributed by atoms with Crippen LogP contribution in [0, 0.1) is 5.82 Å². The Balaban J connectivity index is 3.12. The molecule has 1 aromatic rings. The van der Waals surface area contributed by atoms with Gasteiger partial charge in [0.1, 0.15) is 5.82 Å². The van der Waals surface area contributed by atoms with Crippen molar-refractivity contribution in [1.29, 1.82) is 0 Å². The van der Waals surface area contributed by atoms with Gasteiger partial charge in [0.2, 0.25) is 0 Å². The fourth-order valence-electron chi connectivity index (χ4n) is 0.782. The van der Waals surface area contributed by atoms with Gasteiger partial charge < -0.3 is 0 Å². The lowest BCUT2D eigenvalue weighted by Crippen LogP contribution is -1.89. The SMILES string of the molecule is O=Cc1cc(CS)ccc1F. The summed E-state index contributed by atoms with van der Waals surface area (Å²) in [6, 6.07) is 4.37. The maximum atomic E-state index is 12.7. The molecule has 58 valence electrons. The van der Waals surface area contributed by atoms with E-state index in [0.717, 1.165) is 5.56 Å². The Morgan fingerprint density at radius 1 is 1.55 bits per heavy atom. The average molecular weight is 170 g/mol. The lowest BCUT2D eigenvalue weighted by atomic mass is 10.1. The van der Waals surface area contributed by atoms with E-state index < -0.39 is 5.82 Å². The second-order valence-corrected chi connectivity index (χ2v) is 2.45. The molecule has 0 amide bonds. The minimum absolute atomic E-state index is 0.0940. The van der Waals surface area contributed by atoms with Crippen LogP contribution in [-0.2, 0) is 5.75 Å². The molecule has 0 bridgehead atoms. The fourth-order valence-corrected chi connectivity index (χ4v) is 0.979. The van der Waals surface area contributed by atoms with Crippen LogP contribution in [-0.4, -0.2) is 6.29 Å². The Hall–Kier alpha value is -0.830. The lowest BCUT2D eigenvalue weighted by Gasteiger charge is -1.97. The van der Waals surface area contributed by atoms with Crippen LogP contribution < -0.4 is 0 Å². The zero-order valence-electron chi connectivity index (χ0n) is 5.75. The van der Waals surface area contributed by atoms with Crippen LogP contribution in [0.25, 0.3) is 0 Å². The van der Waals surface area contributed by atoms with Gasteiger partial charge in [-0.05, 0) is 17.7 Å². The van der Waals surface area contributed by atoms with Gasteiger partial charge in [-0.2, -0.15) is 12.6 Å². The molecule has 11 heavy (non-hydrogen) atoms. The number of thiol groups is 1. The largest absolute Gasteiger partial charge is 0.298 e. The molecule has 0 N–H and O–H groups in total. The summed E-state index contributed by atoms with van der Waals surface area (Å²) < 4.78 is 12.7. The van der Waals surface area contributed by atoms with Crippen molar-refractivity contribution in [1.82, 2.24) is 0 Å². The minimum Gasteiger partial charge on any atom is -0.298 e. The molecular weight excluding hydrogens is 163 g/mol. The number of carbonyl (C=O) groups excluding carboxylic acids is 1. The molecule has 0 aromatic heterocycles. The number of carbonyl (C=O) groups is 1. The molecule has 0 heterocycles. The molecule has 0 spiro atoms. The molecule has 3 heteroatoms. The van der Waals surface area contributed by atoms with Crippen LogP contribution in [0.5, 0.6) is 0 Å². The van der Waals surface area contributed by atoms with Crippen molar-refractivity contribution >= 4 is 18.9 Å². The monoisotopic (exact) mass is 170 g/mol. The molecule has 0 aliphatic carbocycles. The van der Waals surface area contributed by atoms with Crippen molar-refractivity contribution in [3.63, 3.8) is 0 Å². The smallest absolute Gasteiger partial charge is 0.153 e. The normalized spacial score (nSPS) is 9.64. The molecule has 0 aliphatic rings. The van der Waals surface area contributed by atoms with Crippen LogP contribution in [0.15, 0.2) is 18.2 Å².